The Morgan fingerprint density at radius 3 is 3.44 bits per heavy atom. The van der Waals surface area contributed by atoms with E-state index in [-0.39, 0.29) is 0 Å². The fourth-order valence-electron chi connectivity index (χ4n) is 1.32. The molecule has 0 aliphatic carbocycles. The molecule has 9 heavy (non-hydrogen) atoms. The third-order valence-corrected chi connectivity index (χ3v) is 1.71. The van der Waals surface area contributed by atoms with Crippen LogP contribution in [0.2, 0.25) is 0 Å². The van der Waals surface area contributed by atoms with E-state index < -0.39 is 0 Å². The lowest BCUT2D eigenvalue weighted by molar-refractivity contribution is -0.729. The molecule has 48 valence electrons. The predicted molar refractivity (Wildman–Crippen MR) is 31.7 cm³/mol. The average molecular weight is 124 g/mol. The molecule has 0 amide bonds. The Balaban J connectivity index is 2.51. The minimum Gasteiger partial charge on any atom is -0.217 e. The van der Waals surface area contributed by atoms with Crippen molar-refractivity contribution >= 4 is 0 Å². The molecule has 0 atom stereocenters. The molecule has 0 N–H and O–H groups in total. The minimum absolute atomic E-state index is 1.15. The highest BCUT2D eigenvalue weighted by Crippen LogP contribution is 2.07. The topological polar surface area (TPSA) is 21.7 Å². The number of hydrogen-bond acceptors (Lipinski definition) is 1. The molecule has 3 nitrogen and oxygen atoms in total. The standard InChI is InChI=1S/C6H10N3/c1-8-5-9-4-2-3-6(9)7-8/h5H,2-4H2,1H3/q+1. The van der Waals surface area contributed by atoms with Crippen molar-refractivity contribution < 1.29 is 4.68 Å². The maximum Gasteiger partial charge on any atom is 0.265 e. The second-order valence-electron chi connectivity index (χ2n) is 2.50. The maximum atomic E-state index is 4.27. The number of aryl methyl sites for hydroxylation is 3. The zero-order valence-electron chi connectivity index (χ0n) is 5.54. The Morgan fingerprint density at radius 1 is 1.78 bits per heavy atom. The summed E-state index contributed by atoms with van der Waals surface area (Å²) in [6.45, 7) is 1.16. The summed E-state index contributed by atoms with van der Waals surface area (Å²) in [6.07, 6.45) is 4.46. The molecule has 3 heteroatoms. The molecule has 0 spiro atoms. The number of fused-ring (bicyclic) bond motifs is 1. The molecule has 0 fully saturated rings. The molecule has 2 rings (SSSR count). The van der Waals surface area contributed by atoms with Crippen LogP contribution in [0.4, 0.5) is 0 Å². The summed E-state index contributed by atoms with van der Waals surface area (Å²) < 4.78 is 4.08. The summed E-state index contributed by atoms with van der Waals surface area (Å²) in [5.74, 6) is 1.23. The van der Waals surface area contributed by atoms with Crippen molar-refractivity contribution in [1.29, 1.82) is 0 Å². The average Bonchev–Trinajstić information content (AvgIpc) is 2.22. The van der Waals surface area contributed by atoms with Crippen molar-refractivity contribution in [3.05, 3.63) is 12.2 Å². The first-order valence-corrected chi connectivity index (χ1v) is 3.28. The smallest absolute Gasteiger partial charge is 0.217 e. The van der Waals surface area contributed by atoms with Gasteiger partial charge in [0.15, 0.2) is 0 Å². The van der Waals surface area contributed by atoms with E-state index in [4.69, 9.17) is 0 Å². The normalized spacial score (nSPS) is 16.1. The van der Waals surface area contributed by atoms with Crippen LogP contribution < -0.4 is 4.68 Å². The maximum absolute atomic E-state index is 4.27. The number of aromatic nitrogens is 3. The fraction of sp³-hybridized carbons (Fsp3) is 0.667. The lowest BCUT2D eigenvalue weighted by Gasteiger charge is -1.78. The van der Waals surface area contributed by atoms with Gasteiger partial charge in [-0.15, -0.1) is 4.68 Å². The van der Waals surface area contributed by atoms with Gasteiger partial charge in [-0.05, 0) is 11.5 Å². The molecule has 0 saturated carbocycles. The van der Waals surface area contributed by atoms with Gasteiger partial charge >= 0.3 is 0 Å². The monoisotopic (exact) mass is 124 g/mol. The molecular weight excluding hydrogens is 114 g/mol. The second-order valence-corrected chi connectivity index (χ2v) is 2.50. The van der Waals surface area contributed by atoms with Gasteiger partial charge in [-0.1, -0.05) is 0 Å². The first-order valence-electron chi connectivity index (χ1n) is 3.28. The Labute approximate surface area is 53.9 Å². The second kappa shape index (κ2) is 1.56. The molecule has 0 radical (unpaired) electrons. The lowest BCUT2D eigenvalue weighted by atomic mass is 10.4. The molecule has 1 aromatic rings. The van der Waals surface area contributed by atoms with Crippen molar-refractivity contribution in [2.75, 3.05) is 0 Å². The molecule has 0 bridgehead atoms. The van der Waals surface area contributed by atoms with Gasteiger partial charge in [0, 0.05) is 6.42 Å². The van der Waals surface area contributed by atoms with E-state index in [0.717, 1.165) is 13.0 Å². The summed E-state index contributed by atoms with van der Waals surface area (Å²) in [5, 5.41) is 4.27. The van der Waals surface area contributed by atoms with Crippen molar-refractivity contribution in [2.45, 2.75) is 19.4 Å². The Morgan fingerprint density at radius 2 is 2.67 bits per heavy atom. The highest BCUT2D eigenvalue weighted by Gasteiger charge is 2.18. The van der Waals surface area contributed by atoms with Crippen LogP contribution in [-0.4, -0.2) is 9.67 Å². The van der Waals surface area contributed by atoms with Crippen molar-refractivity contribution in [3.8, 4) is 0 Å². The van der Waals surface area contributed by atoms with Gasteiger partial charge in [0.25, 0.3) is 6.33 Å². The molecule has 1 aliphatic heterocycles. The molecule has 0 saturated heterocycles. The highest BCUT2D eigenvalue weighted by atomic mass is 15.4. The molecule has 2 heterocycles. The van der Waals surface area contributed by atoms with Gasteiger partial charge in [-0.2, -0.15) is 0 Å². The largest absolute Gasteiger partial charge is 0.265 e. The van der Waals surface area contributed by atoms with Crippen LogP contribution in [0.1, 0.15) is 12.2 Å². The van der Waals surface area contributed by atoms with E-state index in [2.05, 4.69) is 9.67 Å². The van der Waals surface area contributed by atoms with Crippen LogP contribution >= 0.6 is 0 Å². The van der Waals surface area contributed by atoms with Crippen LogP contribution in [0.5, 0.6) is 0 Å². The minimum atomic E-state index is 1.15. The highest BCUT2D eigenvalue weighted by molar-refractivity contribution is 4.87. The van der Waals surface area contributed by atoms with Crippen LogP contribution in [0.15, 0.2) is 6.33 Å². The van der Waals surface area contributed by atoms with E-state index in [1.165, 1.54) is 12.2 Å². The number of nitrogens with zero attached hydrogens (tertiary/aromatic N) is 3. The summed E-state index contributed by atoms with van der Waals surface area (Å²) in [7, 11) is 1.96. The summed E-state index contributed by atoms with van der Waals surface area (Å²) >= 11 is 0. The van der Waals surface area contributed by atoms with Gasteiger partial charge in [-0.3, -0.25) is 0 Å². The zero-order valence-corrected chi connectivity index (χ0v) is 5.54. The first kappa shape index (κ1) is 4.97. The van der Waals surface area contributed by atoms with Crippen LogP contribution in [0, 0.1) is 0 Å². The molecular formula is C6H10N3+. The zero-order chi connectivity index (χ0) is 6.27. The third kappa shape index (κ3) is 0.642. The predicted octanol–water partition coefficient (Wildman–Crippen LogP) is -0.346. The van der Waals surface area contributed by atoms with Crippen molar-refractivity contribution in [3.63, 3.8) is 0 Å². The summed E-state index contributed by atoms with van der Waals surface area (Å²) in [4.78, 5) is 0. The third-order valence-electron chi connectivity index (χ3n) is 1.71. The summed E-state index contributed by atoms with van der Waals surface area (Å²) in [6, 6.07) is 0. The number of rotatable bonds is 0. The molecule has 1 aliphatic rings. The molecule has 1 aromatic heterocycles. The van der Waals surface area contributed by atoms with Crippen molar-refractivity contribution in [2.24, 2.45) is 7.05 Å². The van der Waals surface area contributed by atoms with Gasteiger partial charge in [-0.25, -0.2) is 4.57 Å². The molecule has 0 aromatic carbocycles. The van der Waals surface area contributed by atoms with Crippen LogP contribution in [-0.2, 0) is 20.0 Å². The van der Waals surface area contributed by atoms with Crippen LogP contribution in [0.25, 0.3) is 0 Å². The van der Waals surface area contributed by atoms with Gasteiger partial charge in [0.2, 0.25) is 5.82 Å². The number of hydrogen-bond donors (Lipinski definition) is 0. The van der Waals surface area contributed by atoms with E-state index in [1.807, 2.05) is 18.1 Å². The van der Waals surface area contributed by atoms with Crippen molar-refractivity contribution in [1.82, 2.24) is 9.67 Å². The quantitative estimate of drug-likeness (QED) is 0.433. The van der Waals surface area contributed by atoms with Crippen LogP contribution in [0.3, 0.4) is 0 Å². The van der Waals surface area contributed by atoms with Gasteiger partial charge in [0.1, 0.15) is 7.05 Å². The Kier molecular flexibility index (Phi) is 0.860. The van der Waals surface area contributed by atoms with E-state index in [1.54, 1.807) is 0 Å². The van der Waals surface area contributed by atoms with E-state index in [0.29, 0.717) is 0 Å². The Hall–Kier alpha value is -0.860. The lowest BCUT2D eigenvalue weighted by Crippen LogP contribution is -2.29. The first-order chi connectivity index (χ1) is 4.36. The molecule has 0 unspecified atom stereocenters. The Bertz CT molecular complexity index is 205. The van der Waals surface area contributed by atoms with Gasteiger partial charge in [0.05, 0.1) is 6.54 Å². The SMILES string of the molecule is C[n+]1cn2c(n1)CCC2. The summed E-state index contributed by atoms with van der Waals surface area (Å²) in [5.41, 5.74) is 0. The van der Waals surface area contributed by atoms with E-state index in [9.17, 15) is 0 Å². The fourth-order valence-corrected chi connectivity index (χ4v) is 1.32. The van der Waals surface area contributed by atoms with E-state index >= 15 is 0 Å². The van der Waals surface area contributed by atoms with Gasteiger partial charge < -0.3 is 0 Å².